The standard InChI is InChI=1S/C14H30N2/c1-9-10-11-16(15(8)13(4)5)14(6,7)12(2)3/h12H,4,9-11H2,1-3,5-8H3. The Kier molecular flexibility index (Phi) is 6.09. The van der Waals surface area contributed by atoms with Gasteiger partial charge in [0.15, 0.2) is 0 Å². The van der Waals surface area contributed by atoms with Crippen molar-refractivity contribution in [1.82, 2.24) is 10.0 Å². The Labute approximate surface area is 102 Å². The van der Waals surface area contributed by atoms with Gasteiger partial charge >= 0.3 is 0 Å². The maximum absolute atomic E-state index is 4.04. The molecule has 0 unspecified atom stereocenters. The summed E-state index contributed by atoms with van der Waals surface area (Å²) in [6.45, 7) is 18.6. The van der Waals surface area contributed by atoms with Crippen LogP contribution in [0, 0.1) is 5.92 Å². The number of allylic oxidation sites excluding steroid dienone is 1. The van der Waals surface area contributed by atoms with Crippen LogP contribution in [0.2, 0.25) is 0 Å². The zero-order valence-electron chi connectivity index (χ0n) is 12.3. The van der Waals surface area contributed by atoms with Crippen LogP contribution in [0.4, 0.5) is 0 Å². The molecule has 2 nitrogen and oxygen atoms in total. The zero-order chi connectivity index (χ0) is 12.9. The van der Waals surface area contributed by atoms with Gasteiger partial charge in [-0.15, -0.1) is 0 Å². The van der Waals surface area contributed by atoms with Crippen molar-refractivity contribution in [2.75, 3.05) is 13.6 Å². The molecule has 0 saturated heterocycles. The largest absolute Gasteiger partial charge is 0.313 e. The van der Waals surface area contributed by atoms with E-state index in [1.807, 2.05) is 0 Å². The average molecular weight is 226 g/mol. The van der Waals surface area contributed by atoms with Gasteiger partial charge in [0.2, 0.25) is 0 Å². The van der Waals surface area contributed by atoms with E-state index in [0.717, 1.165) is 12.2 Å². The molecule has 0 amide bonds. The van der Waals surface area contributed by atoms with Crippen LogP contribution >= 0.6 is 0 Å². The molecule has 0 aromatic rings. The number of unbranched alkanes of at least 4 members (excludes halogenated alkanes) is 1. The number of hydrogen-bond donors (Lipinski definition) is 0. The van der Waals surface area contributed by atoms with E-state index in [2.05, 4.69) is 65.2 Å². The van der Waals surface area contributed by atoms with E-state index in [1.165, 1.54) is 12.8 Å². The minimum atomic E-state index is 0.170. The molecule has 0 bridgehead atoms. The van der Waals surface area contributed by atoms with Gasteiger partial charge in [0.1, 0.15) is 0 Å². The SMILES string of the molecule is C=C(C)N(C)N(CCCC)C(C)(C)C(C)C. The Morgan fingerprint density at radius 3 is 2.12 bits per heavy atom. The summed E-state index contributed by atoms with van der Waals surface area (Å²) in [5.74, 6) is 0.617. The predicted molar refractivity (Wildman–Crippen MR) is 73.1 cm³/mol. The van der Waals surface area contributed by atoms with Gasteiger partial charge in [-0.05, 0) is 33.1 Å². The Hall–Kier alpha value is -0.500. The van der Waals surface area contributed by atoms with Gasteiger partial charge in [0, 0.05) is 24.8 Å². The molecule has 0 spiro atoms. The lowest BCUT2D eigenvalue weighted by atomic mass is 9.89. The molecule has 0 saturated carbocycles. The summed E-state index contributed by atoms with van der Waals surface area (Å²) in [6, 6.07) is 0. The first-order chi connectivity index (χ1) is 7.25. The van der Waals surface area contributed by atoms with E-state index in [-0.39, 0.29) is 5.54 Å². The molecule has 0 heterocycles. The van der Waals surface area contributed by atoms with Crippen molar-refractivity contribution < 1.29 is 0 Å². The quantitative estimate of drug-likeness (QED) is 0.607. The molecule has 0 aliphatic carbocycles. The van der Waals surface area contributed by atoms with Gasteiger partial charge in [-0.25, -0.2) is 5.01 Å². The molecule has 0 aromatic carbocycles. The molecule has 16 heavy (non-hydrogen) atoms. The second-order valence-corrected chi connectivity index (χ2v) is 5.54. The molecule has 0 atom stereocenters. The number of hydrazine groups is 1. The van der Waals surface area contributed by atoms with Gasteiger partial charge < -0.3 is 5.01 Å². The highest BCUT2D eigenvalue weighted by Gasteiger charge is 2.32. The summed E-state index contributed by atoms with van der Waals surface area (Å²) in [5.41, 5.74) is 1.27. The number of nitrogens with zero attached hydrogens (tertiary/aromatic N) is 2. The number of rotatable bonds is 7. The van der Waals surface area contributed by atoms with Crippen LogP contribution in [0.25, 0.3) is 0 Å². The first kappa shape index (κ1) is 15.5. The van der Waals surface area contributed by atoms with E-state index in [0.29, 0.717) is 5.92 Å². The fourth-order valence-electron chi connectivity index (χ4n) is 1.64. The van der Waals surface area contributed by atoms with Crippen LogP contribution in [0.3, 0.4) is 0 Å². The van der Waals surface area contributed by atoms with Crippen molar-refractivity contribution in [2.24, 2.45) is 5.92 Å². The molecular formula is C14H30N2. The first-order valence-corrected chi connectivity index (χ1v) is 6.41. The van der Waals surface area contributed by atoms with Crippen molar-refractivity contribution >= 4 is 0 Å². The number of hydrogen-bond acceptors (Lipinski definition) is 2. The summed E-state index contributed by atoms with van der Waals surface area (Å²) in [6.07, 6.45) is 2.46. The minimum absolute atomic E-state index is 0.170. The van der Waals surface area contributed by atoms with Crippen molar-refractivity contribution in [3.8, 4) is 0 Å². The predicted octanol–water partition coefficient (Wildman–Crippen LogP) is 3.90. The topological polar surface area (TPSA) is 6.48 Å². The summed E-state index contributed by atoms with van der Waals surface area (Å²) in [5, 5.41) is 4.65. The van der Waals surface area contributed by atoms with Crippen molar-refractivity contribution in [2.45, 2.75) is 59.9 Å². The van der Waals surface area contributed by atoms with E-state index in [1.54, 1.807) is 0 Å². The maximum Gasteiger partial charge on any atom is 0.0370 e. The van der Waals surface area contributed by atoms with Crippen molar-refractivity contribution in [3.63, 3.8) is 0 Å². The molecule has 2 heteroatoms. The second kappa shape index (κ2) is 6.29. The fourth-order valence-corrected chi connectivity index (χ4v) is 1.64. The van der Waals surface area contributed by atoms with Gasteiger partial charge in [0.05, 0.1) is 0 Å². The summed E-state index contributed by atoms with van der Waals surface area (Å²) >= 11 is 0. The Morgan fingerprint density at radius 1 is 1.31 bits per heavy atom. The molecule has 0 rings (SSSR count). The van der Waals surface area contributed by atoms with Crippen molar-refractivity contribution in [1.29, 1.82) is 0 Å². The van der Waals surface area contributed by atoms with E-state index in [4.69, 9.17) is 0 Å². The molecule has 0 aliphatic heterocycles. The van der Waals surface area contributed by atoms with Gasteiger partial charge in [-0.2, -0.15) is 0 Å². The van der Waals surface area contributed by atoms with Crippen LogP contribution in [0.15, 0.2) is 12.3 Å². The lowest BCUT2D eigenvalue weighted by Gasteiger charge is -2.47. The fraction of sp³-hybridized carbons (Fsp3) is 0.857. The Balaban J connectivity index is 4.85. The molecule has 0 fully saturated rings. The third-order valence-electron chi connectivity index (χ3n) is 3.72. The van der Waals surface area contributed by atoms with Crippen LogP contribution in [0.1, 0.15) is 54.4 Å². The highest BCUT2D eigenvalue weighted by Crippen LogP contribution is 2.27. The van der Waals surface area contributed by atoms with Crippen LogP contribution < -0.4 is 0 Å². The van der Waals surface area contributed by atoms with Crippen LogP contribution in [-0.4, -0.2) is 29.1 Å². The third-order valence-corrected chi connectivity index (χ3v) is 3.72. The average Bonchev–Trinajstić information content (AvgIpc) is 2.17. The van der Waals surface area contributed by atoms with Gasteiger partial charge in [0.25, 0.3) is 0 Å². The summed E-state index contributed by atoms with van der Waals surface area (Å²) < 4.78 is 0. The monoisotopic (exact) mass is 226 g/mol. The minimum Gasteiger partial charge on any atom is -0.313 e. The van der Waals surface area contributed by atoms with Crippen molar-refractivity contribution in [3.05, 3.63) is 12.3 Å². The lowest BCUT2D eigenvalue weighted by Crippen LogP contribution is -2.55. The summed E-state index contributed by atoms with van der Waals surface area (Å²) in [7, 11) is 2.11. The van der Waals surface area contributed by atoms with E-state index < -0.39 is 0 Å². The van der Waals surface area contributed by atoms with E-state index >= 15 is 0 Å². The normalized spacial score (nSPS) is 12.3. The third kappa shape index (κ3) is 3.82. The smallest absolute Gasteiger partial charge is 0.0370 e. The van der Waals surface area contributed by atoms with Crippen LogP contribution in [0.5, 0.6) is 0 Å². The second-order valence-electron chi connectivity index (χ2n) is 5.54. The Bertz CT molecular complexity index is 219. The van der Waals surface area contributed by atoms with Gasteiger partial charge in [-0.1, -0.05) is 33.8 Å². The highest BCUT2D eigenvalue weighted by molar-refractivity contribution is 4.91. The molecule has 0 aromatic heterocycles. The molecule has 96 valence electrons. The maximum atomic E-state index is 4.04. The Morgan fingerprint density at radius 2 is 1.81 bits per heavy atom. The summed E-state index contributed by atoms with van der Waals surface area (Å²) in [4.78, 5) is 0. The first-order valence-electron chi connectivity index (χ1n) is 6.41. The van der Waals surface area contributed by atoms with Crippen LogP contribution in [-0.2, 0) is 0 Å². The molecular weight excluding hydrogens is 196 g/mol. The highest BCUT2D eigenvalue weighted by atomic mass is 15.6. The zero-order valence-corrected chi connectivity index (χ0v) is 12.3. The van der Waals surface area contributed by atoms with Gasteiger partial charge in [-0.3, -0.25) is 0 Å². The van der Waals surface area contributed by atoms with E-state index in [9.17, 15) is 0 Å². The molecule has 0 radical (unpaired) electrons. The molecule has 0 aliphatic rings. The molecule has 0 N–H and O–H groups in total. The lowest BCUT2D eigenvalue weighted by molar-refractivity contribution is -0.0769.